The van der Waals surface area contributed by atoms with Gasteiger partial charge in [-0.05, 0) is 36.8 Å². The highest BCUT2D eigenvalue weighted by atomic mass is 16.3. The van der Waals surface area contributed by atoms with Crippen molar-refractivity contribution >= 4 is 16.9 Å². The molecule has 2 aliphatic rings. The number of para-hydroxylation sites is 2. The molecule has 1 N–H and O–H groups in total. The number of rotatable bonds is 3. The van der Waals surface area contributed by atoms with Crippen LogP contribution in [0.2, 0.25) is 0 Å². The first-order valence-electron chi connectivity index (χ1n) is 9.05. The molecule has 4 atom stereocenters. The molecule has 2 aromatic rings. The third-order valence-corrected chi connectivity index (χ3v) is 5.88. The number of carbonyl (C=O) groups excluding carboxylic acids is 1. The van der Waals surface area contributed by atoms with Crippen LogP contribution in [0.1, 0.15) is 18.9 Å². The van der Waals surface area contributed by atoms with Gasteiger partial charge in [-0.1, -0.05) is 12.1 Å². The first-order valence-corrected chi connectivity index (χ1v) is 9.05. The number of aliphatic hydroxyl groups is 1. The molecule has 0 bridgehead atoms. The van der Waals surface area contributed by atoms with Crippen molar-refractivity contribution in [3.8, 4) is 0 Å². The standard InChI is InChI=1S/C19H26N4O2/c1-21(2)19(25)11-22-9-13-7-17(18(24)8-14(13)10-22)23-12-20-15-5-3-4-6-16(15)23/h3-6,12-14,17-18,24H,7-11H2,1-2H3/t13-,14+,17-,18-/m1/s1. The number of nitrogens with zero attached hydrogens (tertiary/aromatic N) is 4. The highest BCUT2D eigenvalue weighted by Crippen LogP contribution is 2.42. The van der Waals surface area contributed by atoms with Gasteiger partial charge in [-0.2, -0.15) is 0 Å². The predicted molar refractivity (Wildman–Crippen MR) is 96.1 cm³/mol. The van der Waals surface area contributed by atoms with E-state index in [0.29, 0.717) is 18.4 Å². The minimum Gasteiger partial charge on any atom is -0.391 e. The number of amides is 1. The monoisotopic (exact) mass is 342 g/mol. The Labute approximate surface area is 148 Å². The second-order valence-electron chi connectivity index (χ2n) is 7.75. The zero-order valence-corrected chi connectivity index (χ0v) is 14.9. The number of aliphatic hydroxyl groups excluding tert-OH is 1. The Bertz CT molecular complexity index is 772. The number of imidazole rings is 1. The maximum Gasteiger partial charge on any atom is 0.236 e. The van der Waals surface area contributed by atoms with Crippen molar-refractivity contribution in [2.24, 2.45) is 11.8 Å². The fourth-order valence-corrected chi connectivity index (χ4v) is 4.51. The summed E-state index contributed by atoms with van der Waals surface area (Å²) in [6, 6.07) is 8.15. The number of aromatic nitrogens is 2. The summed E-state index contributed by atoms with van der Waals surface area (Å²) in [5.41, 5.74) is 2.06. The fourth-order valence-electron chi connectivity index (χ4n) is 4.51. The van der Waals surface area contributed by atoms with E-state index in [9.17, 15) is 9.90 Å². The van der Waals surface area contributed by atoms with Crippen LogP contribution in [0.4, 0.5) is 0 Å². The first kappa shape index (κ1) is 16.5. The molecular formula is C19H26N4O2. The molecule has 0 unspecified atom stereocenters. The summed E-state index contributed by atoms with van der Waals surface area (Å²) in [7, 11) is 3.60. The third-order valence-electron chi connectivity index (χ3n) is 5.88. The normalized spacial score (nSPS) is 29.7. The maximum atomic E-state index is 12.0. The molecular weight excluding hydrogens is 316 g/mol. The lowest BCUT2D eigenvalue weighted by Gasteiger charge is -2.36. The first-order chi connectivity index (χ1) is 12.0. The molecule has 6 nitrogen and oxygen atoms in total. The minimum atomic E-state index is -0.358. The van der Waals surface area contributed by atoms with Crippen molar-refractivity contribution < 1.29 is 9.90 Å². The SMILES string of the molecule is CN(C)C(=O)CN1C[C@H]2C[C@@H](n3cnc4ccccc43)[C@H](O)C[C@H]2C1. The van der Waals surface area contributed by atoms with Crippen LogP contribution in [0.25, 0.3) is 11.0 Å². The number of carbonyl (C=O) groups is 1. The van der Waals surface area contributed by atoms with Crippen LogP contribution < -0.4 is 0 Å². The van der Waals surface area contributed by atoms with E-state index < -0.39 is 0 Å². The average molecular weight is 342 g/mol. The maximum absolute atomic E-state index is 12.0. The summed E-state index contributed by atoms with van der Waals surface area (Å²) in [4.78, 5) is 20.4. The van der Waals surface area contributed by atoms with E-state index >= 15 is 0 Å². The molecule has 6 heteroatoms. The highest BCUT2D eigenvalue weighted by Gasteiger charge is 2.42. The van der Waals surface area contributed by atoms with Crippen molar-refractivity contribution in [1.29, 1.82) is 0 Å². The van der Waals surface area contributed by atoms with E-state index in [1.807, 2.05) is 24.5 Å². The molecule has 4 rings (SSSR count). The molecule has 2 heterocycles. The van der Waals surface area contributed by atoms with Gasteiger partial charge in [0.15, 0.2) is 0 Å². The fraction of sp³-hybridized carbons (Fsp3) is 0.579. The molecule has 1 aromatic carbocycles. The highest BCUT2D eigenvalue weighted by molar-refractivity contribution is 5.77. The second kappa shape index (κ2) is 6.42. The largest absolute Gasteiger partial charge is 0.391 e. The van der Waals surface area contributed by atoms with E-state index in [1.54, 1.807) is 19.0 Å². The summed E-state index contributed by atoms with van der Waals surface area (Å²) < 4.78 is 2.14. The molecule has 1 aromatic heterocycles. The van der Waals surface area contributed by atoms with Crippen LogP contribution in [0.5, 0.6) is 0 Å². The summed E-state index contributed by atoms with van der Waals surface area (Å²) in [5, 5.41) is 10.8. The van der Waals surface area contributed by atoms with Gasteiger partial charge in [-0.15, -0.1) is 0 Å². The summed E-state index contributed by atoms with van der Waals surface area (Å²) >= 11 is 0. The summed E-state index contributed by atoms with van der Waals surface area (Å²) in [6.07, 6.45) is 3.25. The molecule has 134 valence electrons. The Balaban J connectivity index is 1.50. The van der Waals surface area contributed by atoms with E-state index in [2.05, 4.69) is 20.5 Å². The van der Waals surface area contributed by atoms with Gasteiger partial charge < -0.3 is 14.6 Å². The quantitative estimate of drug-likeness (QED) is 0.915. The van der Waals surface area contributed by atoms with Crippen molar-refractivity contribution in [3.05, 3.63) is 30.6 Å². The van der Waals surface area contributed by atoms with E-state index in [-0.39, 0.29) is 18.1 Å². The molecule has 2 fully saturated rings. The molecule has 1 aliphatic carbocycles. The number of likely N-dealkylation sites (tertiary alicyclic amines) is 1. The van der Waals surface area contributed by atoms with Crippen LogP contribution in [0.3, 0.4) is 0 Å². The lowest BCUT2D eigenvalue weighted by molar-refractivity contribution is -0.129. The lowest BCUT2D eigenvalue weighted by Crippen LogP contribution is -2.36. The van der Waals surface area contributed by atoms with Gasteiger partial charge in [0.1, 0.15) is 0 Å². The van der Waals surface area contributed by atoms with Crippen molar-refractivity contribution in [3.63, 3.8) is 0 Å². The van der Waals surface area contributed by atoms with Crippen LogP contribution >= 0.6 is 0 Å². The molecule has 1 aliphatic heterocycles. The Hall–Kier alpha value is -1.92. The van der Waals surface area contributed by atoms with Gasteiger partial charge in [0.2, 0.25) is 5.91 Å². The van der Waals surface area contributed by atoms with Crippen molar-refractivity contribution in [2.45, 2.75) is 25.0 Å². The van der Waals surface area contributed by atoms with Gasteiger partial charge >= 0.3 is 0 Å². The molecule has 0 spiro atoms. The smallest absolute Gasteiger partial charge is 0.236 e. The van der Waals surface area contributed by atoms with Gasteiger partial charge in [-0.3, -0.25) is 9.69 Å². The predicted octanol–water partition coefficient (Wildman–Crippen LogP) is 1.37. The Morgan fingerprint density at radius 1 is 1.24 bits per heavy atom. The number of hydrogen-bond donors (Lipinski definition) is 1. The lowest BCUT2D eigenvalue weighted by atomic mass is 9.77. The average Bonchev–Trinajstić information content (AvgIpc) is 3.17. The van der Waals surface area contributed by atoms with E-state index in [1.165, 1.54) is 0 Å². The number of fused-ring (bicyclic) bond motifs is 2. The zero-order chi connectivity index (χ0) is 17.6. The molecule has 1 saturated carbocycles. The topological polar surface area (TPSA) is 61.6 Å². The number of likely N-dealkylation sites (N-methyl/N-ethyl adjacent to an activating group) is 1. The molecule has 1 amide bonds. The van der Waals surface area contributed by atoms with Crippen molar-refractivity contribution in [2.75, 3.05) is 33.7 Å². The summed E-state index contributed by atoms with van der Waals surface area (Å²) in [6.45, 7) is 2.34. The third kappa shape index (κ3) is 3.04. The van der Waals surface area contributed by atoms with Gasteiger partial charge in [0.25, 0.3) is 0 Å². The van der Waals surface area contributed by atoms with Crippen LogP contribution in [-0.4, -0.2) is 70.2 Å². The minimum absolute atomic E-state index is 0.0677. The van der Waals surface area contributed by atoms with E-state index in [4.69, 9.17) is 0 Å². The van der Waals surface area contributed by atoms with Crippen LogP contribution in [0, 0.1) is 11.8 Å². The number of benzene rings is 1. The Kier molecular flexibility index (Phi) is 4.25. The van der Waals surface area contributed by atoms with Gasteiger partial charge in [0.05, 0.1) is 36.1 Å². The molecule has 1 saturated heterocycles. The van der Waals surface area contributed by atoms with Crippen LogP contribution in [-0.2, 0) is 4.79 Å². The van der Waals surface area contributed by atoms with E-state index in [0.717, 1.165) is 37.0 Å². The Morgan fingerprint density at radius 2 is 1.96 bits per heavy atom. The number of hydrogen-bond acceptors (Lipinski definition) is 4. The second-order valence-corrected chi connectivity index (χ2v) is 7.75. The van der Waals surface area contributed by atoms with Crippen LogP contribution in [0.15, 0.2) is 30.6 Å². The zero-order valence-electron chi connectivity index (χ0n) is 14.9. The van der Waals surface area contributed by atoms with Crippen molar-refractivity contribution in [1.82, 2.24) is 19.4 Å². The van der Waals surface area contributed by atoms with Gasteiger partial charge in [0, 0.05) is 27.2 Å². The Morgan fingerprint density at radius 3 is 2.72 bits per heavy atom. The van der Waals surface area contributed by atoms with Gasteiger partial charge in [-0.25, -0.2) is 4.98 Å². The molecule has 0 radical (unpaired) electrons. The molecule has 25 heavy (non-hydrogen) atoms. The summed E-state index contributed by atoms with van der Waals surface area (Å²) in [5.74, 6) is 1.16.